The number of hydrogen-bond acceptors (Lipinski definition) is 6. The smallest absolute Gasteiger partial charge is 0.255 e. The zero-order valence-electron chi connectivity index (χ0n) is 19.8. The highest BCUT2D eigenvalue weighted by atomic mass is 16.5. The van der Waals surface area contributed by atoms with E-state index in [0.717, 1.165) is 16.8 Å². The van der Waals surface area contributed by atoms with Gasteiger partial charge in [0.1, 0.15) is 11.6 Å². The Balaban J connectivity index is 1.66. The van der Waals surface area contributed by atoms with Crippen molar-refractivity contribution >= 4 is 17.6 Å². The highest BCUT2D eigenvalue weighted by Gasteiger charge is 2.35. The Hall–Kier alpha value is -3.94. The van der Waals surface area contributed by atoms with Gasteiger partial charge in [-0.25, -0.2) is 9.97 Å². The van der Waals surface area contributed by atoms with E-state index in [1.807, 2.05) is 56.3 Å². The van der Waals surface area contributed by atoms with E-state index >= 15 is 0 Å². The first-order valence-corrected chi connectivity index (χ1v) is 11.2. The van der Waals surface area contributed by atoms with Crippen LogP contribution in [0.1, 0.15) is 52.4 Å². The zero-order chi connectivity index (χ0) is 24.2. The first kappa shape index (κ1) is 23.2. The third-order valence-corrected chi connectivity index (χ3v) is 5.71. The Kier molecular flexibility index (Phi) is 6.77. The van der Waals surface area contributed by atoms with E-state index in [9.17, 15) is 9.59 Å². The summed E-state index contributed by atoms with van der Waals surface area (Å²) in [6.45, 7) is 6.45. The zero-order valence-corrected chi connectivity index (χ0v) is 19.8. The number of anilines is 1. The molecule has 0 radical (unpaired) electrons. The van der Waals surface area contributed by atoms with Gasteiger partial charge in [0.2, 0.25) is 5.91 Å². The van der Waals surface area contributed by atoms with E-state index in [1.165, 1.54) is 0 Å². The van der Waals surface area contributed by atoms with E-state index in [0.29, 0.717) is 41.9 Å². The lowest BCUT2D eigenvalue weighted by atomic mass is 10.0. The van der Waals surface area contributed by atoms with Crippen LogP contribution in [0.4, 0.5) is 5.82 Å². The number of nitrogens with one attached hydrogen (secondary N) is 1. The number of ether oxygens (including phenoxy) is 2. The molecule has 0 saturated heterocycles. The van der Waals surface area contributed by atoms with E-state index in [1.54, 1.807) is 25.0 Å². The molecule has 3 aromatic rings. The minimum Gasteiger partial charge on any atom is -0.493 e. The number of carbonyl (C=O) groups is 2. The van der Waals surface area contributed by atoms with Crippen molar-refractivity contribution in [3.8, 4) is 11.5 Å². The van der Waals surface area contributed by atoms with Crippen molar-refractivity contribution in [2.75, 3.05) is 19.0 Å². The maximum absolute atomic E-state index is 13.3. The Morgan fingerprint density at radius 3 is 2.62 bits per heavy atom. The molecule has 34 heavy (non-hydrogen) atoms. The summed E-state index contributed by atoms with van der Waals surface area (Å²) >= 11 is 0. The lowest BCUT2D eigenvalue weighted by Gasteiger charge is -2.28. The van der Waals surface area contributed by atoms with Crippen LogP contribution in [-0.4, -0.2) is 40.4 Å². The topological polar surface area (TPSA) is 93.6 Å². The second kappa shape index (κ2) is 9.91. The van der Waals surface area contributed by atoms with Crippen LogP contribution in [0.2, 0.25) is 0 Å². The highest BCUT2D eigenvalue weighted by Crippen LogP contribution is 2.37. The van der Waals surface area contributed by atoms with Crippen molar-refractivity contribution in [2.24, 2.45) is 0 Å². The van der Waals surface area contributed by atoms with Gasteiger partial charge in [-0.05, 0) is 50.1 Å². The normalized spacial score (nSPS) is 13.4. The molecule has 4 rings (SSSR count). The molecular formula is C26H28N4O4. The predicted octanol–water partition coefficient (Wildman–Crippen LogP) is 4.23. The molecule has 2 aromatic carbocycles. The first-order chi connectivity index (χ1) is 16.4. The molecule has 1 atom stereocenters. The monoisotopic (exact) mass is 460 g/mol. The molecule has 0 aliphatic carbocycles. The average Bonchev–Trinajstić information content (AvgIpc) is 3.13. The molecule has 176 valence electrons. The third kappa shape index (κ3) is 4.85. The van der Waals surface area contributed by atoms with Crippen LogP contribution >= 0.6 is 0 Å². The Bertz CT molecular complexity index is 1210. The Morgan fingerprint density at radius 1 is 1.12 bits per heavy atom. The van der Waals surface area contributed by atoms with Gasteiger partial charge in [0.15, 0.2) is 11.5 Å². The number of benzene rings is 2. The van der Waals surface area contributed by atoms with Gasteiger partial charge in [0.25, 0.3) is 5.91 Å². The summed E-state index contributed by atoms with van der Waals surface area (Å²) in [5.41, 5.74) is 3.15. The summed E-state index contributed by atoms with van der Waals surface area (Å²) < 4.78 is 11.2. The molecule has 8 nitrogen and oxygen atoms in total. The molecule has 0 spiro atoms. The Morgan fingerprint density at radius 2 is 1.91 bits per heavy atom. The summed E-state index contributed by atoms with van der Waals surface area (Å²) in [5.74, 6) is 1.83. The van der Waals surface area contributed by atoms with Crippen LogP contribution in [0.25, 0.3) is 0 Å². The van der Waals surface area contributed by atoms with Gasteiger partial charge in [0, 0.05) is 23.9 Å². The maximum atomic E-state index is 13.3. The van der Waals surface area contributed by atoms with E-state index in [2.05, 4.69) is 15.3 Å². The Labute approximate surface area is 198 Å². The maximum Gasteiger partial charge on any atom is 0.255 e. The lowest BCUT2D eigenvalue weighted by molar-refractivity contribution is -0.117. The van der Waals surface area contributed by atoms with Crippen molar-refractivity contribution in [1.82, 2.24) is 14.9 Å². The summed E-state index contributed by atoms with van der Waals surface area (Å²) in [5, 5.41) is 2.86. The van der Waals surface area contributed by atoms with Crippen LogP contribution in [-0.2, 0) is 11.3 Å². The molecular weight excluding hydrogens is 432 g/mol. The molecule has 1 aliphatic rings. The summed E-state index contributed by atoms with van der Waals surface area (Å²) in [4.78, 5) is 36.7. The molecule has 2 amide bonds. The number of fused-ring (bicyclic) bond motifs is 1. The molecule has 8 heteroatoms. The van der Waals surface area contributed by atoms with Crippen molar-refractivity contribution in [1.29, 1.82) is 0 Å². The molecule has 0 bridgehead atoms. The van der Waals surface area contributed by atoms with Crippen LogP contribution in [0, 0.1) is 13.8 Å². The van der Waals surface area contributed by atoms with Crippen molar-refractivity contribution in [3.05, 3.63) is 76.7 Å². The van der Waals surface area contributed by atoms with Gasteiger partial charge in [-0.2, -0.15) is 0 Å². The number of nitrogens with zero attached hydrogens (tertiary/aromatic N) is 3. The quantitative estimate of drug-likeness (QED) is 0.541. The summed E-state index contributed by atoms with van der Waals surface area (Å²) in [6.07, 6.45) is 0.0545. The number of carbonyl (C=O) groups excluding carboxylic acids is 2. The van der Waals surface area contributed by atoms with Gasteiger partial charge in [-0.3, -0.25) is 9.59 Å². The van der Waals surface area contributed by atoms with Gasteiger partial charge in [0.05, 0.1) is 26.2 Å². The van der Waals surface area contributed by atoms with Crippen molar-refractivity contribution in [2.45, 2.75) is 39.8 Å². The fourth-order valence-corrected chi connectivity index (χ4v) is 4.25. The fourth-order valence-electron chi connectivity index (χ4n) is 4.25. The molecule has 1 aromatic heterocycles. The molecule has 1 unspecified atom stereocenters. The van der Waals surface area contributed by atoms with Crippen molar-refractivity contribution in [3.63, 3.8) is 0 Å². The number of aromatic nitrogens is 2. The second-order valence-electron chi connectivity index (χ2n) is 8.14. The number of aryl methyl sites for hydroxylation is 2. The largest absolute Gasteiger partial charge is 0.493 e. The number of methoxy groups -OCH3 is 1. The number of hydrogen-bond donors (Lipinski definition) is 1. The minimum absolute atomic E-state index is 0.0545. The average molecular weight is 461 g/mol. The number of amides is 2. The summed E-state index contributed by atoms with van der Waals surface area (Å²) in [7, 11) is 1.57. The van der Waals surface area contributed by atoms with Crippen LogP contribution < -0.4 is 14.8 Å². The molecule has 0 fully saturated rings. The van der Waals surface area contributed by atoms with Crippen LogP contribution in [0.15, 0.2) is 48.5 Å². The highest BCUT2D eigenvalue weighted by molar-refractivity contribution is 5.99. The van der Waals surface area contributed by atoms with Gasteiger partial charge in [-0.15, -0.1) is 0 Å². The summed E-state index contributed by atoms with van der Waals surface area (Å²) in [6, 6.07) is 14.3. The van der Waals surface area contributed by atoms with Gasteiger partial charge >= 0.3 is 0 Å². The third-order valence-electron chi connectivity index (χ3n) is 5.71. The van der Waals surface area contributed by atoms with E-state index in [4.69, 9.17) is 9.47 Å². The fraction of sp³-hybridized carbons (Fsp3) is 0.308. The van der Waals surface area contributed by atoms with Crippen LogP contribution in [0.3, 0.4) is 0 Å². The standard InChI is InChI=1S/C26H28N4O4/c1-5-34-22-11-10-18(13-23(22)33-4)21(30-15-19-8-6-7-9-20(19)26(30)32)14-25(31)29-24-12-16(2)27-17(3)28-24/h6-13,21H,5,14-15H2,1-4H3,(H,27,28,29,31). The molecule has 1 N–H and O–H groups in total. The molecule has 2 heterocycles. The lowest BCUT2D eigenvalue weighted by Crippen LogP contribution is -2.32. The van der Waals surface area contributed by atoms with Gasteiger partial charge in [-0.1, -0.05) is 24.3 Å². The molecule has 0 saturated carbocycles. The predicted molar refractivity (Wildman–Crippen MR) is 128 cm³/mol. The number of rotatable bonds is 8. The minimum atomic E-state index is -0.506. The molecule has 1 aliphatic heterocycles. The van der Waals surface area contributed by atoms with Gasteiger partial charge < -0.3 is 19.7 Å². The van der Waals surface area contributed by atoms with Crippen molar-refractivity contribution < 1.29 is 19.1 Å². The SMILES string of the molecule is CCOc1ccc(C(CC(=O)Nc2cc(C)nc(C)n2)N2Cc3ccccc3C2=O)cc1OC. The first-order valence-electron chi connectivity index (χ1n) is 11.2. The van der Waals surface area contributed by atoms with Crippen LogP contribution in [0.5, 0.6) is 11.5 Å². The van der Waals surface area contributed by atoms with E-state index < -0.39 is 6.04 Å². The van der Waals surface area contributed by atoms with E-state index in [-0.39, 0.29) is 18.2 Å². The second-order valence-corrected chi connectivity index (χ2v) is 8.14.